The predicted octanol–water partition coefficient (Wildman–Crippen LogP) is 4.97. The van der Waals surface area contributed by atoms with E-state index in [9.17, 15) is 13.2 Å². The van der Waals surface area contributed by atoms with Gasteiger partial charge in [-0.1, -0.05) is 34.8 Å². The standard InChI is InChI=1S/C19H15Cl3N2O4S/c1-10-4-6-12-15(21)9-16(22)18(17(12)23-10)28-19(25)13-8-11(5-7-14(13)20)29(26,27)24(2)3/h4-9H,1-3H3. The second-order valence-electron chi connectivity index (χ2n) is 6.34. The Morgan fingerprint density at radius 1 is 1.00 bits per heavy atom. The van der Waals surface area contributed by atoms with Crippen molar-refractivity contribution in [2.45, 2.75) is 11.8 Å². The van der Waals surface area contributed by atoms with Gasteiger partial charge in [-0.05, 0) is 43.3 Å². The molecule has 0 saturated heterocycles. The summed E-state index contributed by atoms with van der Waals surface area (Å²) < 4.78 is 31.2. The first-order chi connectivity index (χ1) is 13.5. The molecule has 0 aliphatic rings. The van der Waals surface area contributed by atoms with Crippen molar-refractivity contribution in [3.8, 4) is 5.75 Å². The fourth-order valence-electron chi connectivity index (χ4n) is 2.57. The average molecular weight is 474 g/mol. The lowest BCUT2D eigenvalue weighted by Crippen LogP contribution is -2.22. The number of aryl methyl sites for hydroxylation is 1. The van der Waals surface area contributed by atoms with E-state index in [1.54, 1.807) is 19.1 Å². The number of esters is 1. The summed E-state index contributed by atoms with van der Waals surface area (Å²) in [5.74, 6) is -0.865. The quantitative estimate of drug-likeness (QED) is 0.395. The number of fused-ring (bicyclic) bond motifs is 1. The third kappa shape index (κ3) is 4.20. The lowest BCUT2D eigenvalue weighted by atomic mass is 10.2. The molecule has 6 nitrogen and oxygen atoms in total. The van der Waals surface area contributed by atoms with Crippen molar-refractivity contribution in [3.05, 3.63) is 62.7 Å². The topological polar surface area (TPSA) is 76.6 Å². The molecule has 2 aromatic carbocycles. The first-order valence-electron chi connectivity index (χ1n) is 8.22. The average Bonchev–Trinajstić information content (AvgIpc) is 2.64. The Morgan fingerprint density at radius 2 is 1.69 bits per heavy atom. The Balaban J connectivity index is 2.10. The molecule has 0 atom stereocenters. The van der Waals surface area contributed by atoms with Crippen molar-refractivity contribution in [1.82, 2.24) is 9.29 Å². The Labute approximate surface area is 183 Å². The number of hydrogen-bond acceptors (Lipinski definition) is 5. The van der Waals surface area contributed by atoms with E-state index in [0.717, 1.165) is 10.4 Å². The van der Waals surface area contributed by atoms with Crippen molar-refractivity contribution in [2.24, 2.45) is 0 Å². The minimum Gasteiger partial charge on any atom is -0.419 e. The number of halogens is 3. The van der Waals surface area contributed by atoms with Gasteiger partial charge in [-0.15, -0.1) is 0 Å². The molecule has 152 valence electrons. The van der Waals surface area contributed by atoms with Crippen molar-refractivity contribution in [1.29, 1.82) is 0 Å². The van der Waals surface area contributed by atoms with Crippen molar-refractivity contribution < 1.29 is 17.9 Å². The Hall–Kier alpha value is -1.90. The Morgan fingerprint density at radius 3 is 2.34 bits per heavy atom. The fourth-order valence-corrected chi connectivity index (χ4v) is 4.24. The van der Waals surface area contributed by atoms with Gasteiger partial charge in [-0.25, -0.2) is 22.5 Å². The molecule has 10 heteroatoms. The van der Waals surface area contributed by atoms with Crippen LogP contribution in [0, 0.1) is 6.92 Å². The summed E-state index contributed by atoms with van der Waals surface area (Å²) in [6, 6.07) is 8.73. The number of nitrogens with zero attached hydrogens (tertiary/aromatic N) is 2. The molecule has 0 unspecified atom stereocenters. The van der Waals surface area contributed by atoms with Crippen LogP contribution in [0.25, 0.3) is 10.9 Å². The first-order valence-corrected chi connectivity index (χ1v) is 10.8. The smallest absolute Gasteiger partial charge is 0.345 e. The molecule has 1 aromatic heterocycles. The molecule has 0 fully saturated rings. The lowest BCUT2D eigenvalue weighted by Gasteiger charge is -2.14. The highest BCUT2D eigenvalue weighted by Crippen LogP contribution is 2.38. The molecule has 0 aliphatic carbocycles. The second kappa shape index (κ2) is 8.08. The van der Waals surface area contributed by atoms with Crippen LogP contribution in [0.1, 0.15) is 16.1 Å². The Kier molecular flexibility index (Phi) is 6.08. The Bertz CT molecular complexity index is 1240. The number of hydrogen-bond donors (Lipinski definition) is 0. The largest absolute Gasteiger partial charge is 0.419 e. The summed E-state index contributed by atoms with van der Waals surface area (Å²) in [5.41, 5.74) is 0.857. The van der Waals surface area contributed by atoms with Crippen LogP contribution in [0.4, 0.5) is 0 Å². The molecule has 0 spiro atoms. The molecule has 3 rings (SSSR count). The number of benzene rings is 2. The number of carbonyl (C=O) groups is 1. The zero-order valence-electron chi connectivity index (χ0n) is 15.5. The summed E-state index contributed by atoms with van der Waals surface area (Å²) in [6.45, 7) is 1.77. The third-order valence-corrected chi connectivity index (χ3v) is 6.84. The van der Waals surface area contributed by atoms with Gasteiger partial charge in [0, 0.05) is 25.2 Å². The molecular weight excluding hydrogens is 459 g/mol. The molecule has 0 saturated carbocycles. The number of rotatable bonds is 4. The van der Waals surface area contributed by atoms with Gasteiger partial charge < -0.3 is 4.74 Å². The van der Waals surface area contributed by atoms with Gasteiger partial charge in [-0.2, -0.15) is 0 Å². The molecular formula is C19H15Cl3N2O4S. The van der Waals surface area contributed by atoms with E-state index in [2.05, 4.69) is 4.98 Å². The van der Waals surface area contributed by atoms with Gasteiger partial charge in [0.25, 0.3) is 0 Å². The zero-order valence-corrected chi connectivity index (χ0v) is 18.6. The van der Waals surface area contributed by atoms with Gasteiger partial charge >= 0.3 is 5.97 Å². The first kappa shape index (κ1) is 21.8. The molecule has 0 N–H and O–H groups in total. The summed E-state index contributed by atoms with van der Waals surface area (Å²) in [5, 5.41) is 1.03. The van der Waals surface area contributed by atoms with Gasteiger partial charge in [0.2, 0.25) is 10.0 Å². The predicted molar refractivity (Wildman–Crippen MR) is 114 cm³/mol. The highest BCUT2D eigenvalue weighted by molar-refractivity contribution is 7.89. The van der Waals surface area contributed by atoms with E-state index in [-0.39, 0.29) is 26.3 Å². The number of carbonyl (C=O) groups excluding carboxylic acids is 1. The van der Waals surface area contributed by atoms with Crippen molar-refractivity contribution in [2.75, 3.05) is 14.1 Å². The van der Waals surface area contributed by atoms with Crippen LogP contribution >= 0.6 is 34.8 Å². The zero-order chi connectivity index (χ0) is 21.5. The van der Waals surface area contributed by atoms with E-state index < -0.39 is 16.0 Å². The van der Waals surface area contributed by atoms with Gasteiger partial charge in [-0.3, -0.25) is 0 Å². The maximum absolute atomic E-state index is 12.8. The maximum Gasteiger partial charge on any atom is 0.345 e. The maximum atomic E-state index is 12.8. The summed E-state index contributed by atoms with van der Waals surface area (Å²) in [6.07, 6.45) is 0. The van der Waals surface area contributed by atoms with Crippen molar-refractivity contribution >= 4 is 61.7 Å². The number of ether oxygens (including phenoxy) is 1. The summed E-state index contributed by atoms with van der Waals surface area (Å²) >= 11 is 18.6. The van der Waals surface area contributed by atoms with Crippen LogP contribution in [0.5, 0.6) is 5.75 Å². The second-order valence-corrected chi connectivity index (χ2v) is 9.71. The summed E-state index contributed by atoms with van der Waals surface area (Å²) in [7, 11) is -0.997. The molecule has 0 aliphatic heterocycles. The molecule has 29 heavy (non-hydrogen) atoms. The van der Waals surface area contributed by atoms with Gasteiger partial charge in [0.1, 0.15) is 5.52 Å². The van der Waals surface area contributed by atoms with Crippen LogP contribution in [0.15, 0.2) is 41.3 Å². The number of pyridine rings is 1. The van der Waals surface area contributed by atoms with E-state index in [1.807, 2.05) is 0 Å². The summed E-state index contributed by atoms with van der Waals surface area (Å²) in [4.78, 5) is 17.1. The highest BCUT2D eigenvalue weighted by atomic mass is 35.5. The molecule has 3 aromatic rings. The number of sulfonamides is 1. The van der Waals surface area contributed by atoms with E-state index >= 15 is 0 Å². The molecule has 1 heterocycles. The molecule has 0 amide bonds. The minimum absolute atomic E-state index is 0.0108. The van der Waals surface area contributed by atoms with Crippen LogP contribution < -0.4 is 4.74 Å². The van der Waals surface area contributed by atoms with Gasteiger partial charge in [0.05, 0.1) is 25.5 Å². The van der Waals surface area contributed by atoms with E-state index in [0.29, 0.717) is 21.6 Å². The van der Waals surface area contributed by atoms with Crippen LogP contribution in [-0.4, -0.2) is 37.8 Å². The monoisotopic (exact) mass is 472 g/mol. The normalized spacial score (nSPS) is 11.8. The molecule has 0 radical (unpaired) electrons. The van der Waals surface area contributed by atoms with Gasteiger partial charge in [0.15, 0.2) is 5.75 Å². The number of aromatic nitrogens is 1. The van der Waals surface area contributed by atoms with Crippen molar-refractivity contribution in [3.63, 3.8) is 0 Å². The minimum atomic E-state index is -3.77. The fraction of sp³-hybridized carbons (Fsp3) is 0.158. The highest BCUT2D eigenvalue weighted by Gasteiger charge is 2.23. The van der Waals surface area contributed by atoms with Crippen LogP contribution in [0.3, 0.4) is 0 Å². The third-order valence-electron chi connectivity index (χ3n) is 4.11. The van der Waals surface area contributed by atoms with E-state index in [4.69, 9.17) is 39.5 Å². The SMILES string of the molecule is Cc1ccc2c(Cl)cc(Cl)c(OC(=O)c3cc(S(=O)(=O)N(C)C)ccc3Cl)c2n1. The van der Waals surface area contributed by atoms with Crippen LogP contribution in [-0.2, 0) is 10.0 Å². The van der Waals surface area contributed by atoms with Crippen LogP contribution in [0.2, 0.25) is 15.1 Å². The lowest BCUT2D eigenvalue weighted by molar-refractivity contribution is 0.0736. The molecule has 0 bridgehead atoms. The van der Waals surface area contributed by atoms with E-state index in [1.165, 1.54) is 32.3 Å².